The quantitative estimate of drug-likeness (QED) is 0.831. The van der Waals surface area contributed by atoms with Crippen LogP contribution in [0.1, 0.15) is 25.8 Å². The van der Waals surface area contributed by atoms with Crippen LogP contribution in [0.4, 0.5) is 0 Å². The van der Waals surface area contributed by atoms with Crippen molar-refractivity contribution in [1.82, 2.24) is 0 Å². The summed E-state index contributed by atoms with van der Waals surface area (Å²) < 4.78 is 5.31. The summed E-state index contributed by atoms with van der Waals surface area (Å²) in [5.41, 5.74) is 3.15. The molecule has 0 aromatic heterocycles. The highest BCUT2D eigenvalue weighted by atomic mass is 16.5. The van der Waals surface area contributed by atoms with Crippen LogP contribution in [-0.2, 0) is 9.53 Å². The Labute approximate surface area is 106 Å². The maximum Gasteiger partial charge on any atom is 0.344 e. The summed E-state index contributed by atoms with van der Waals surface area (Å²) in [6.07, 6.45) is 0.427. The molecule has 94 valence electrons. The number of carbonyl (C=O) groups excluding carboxylic acids is 1. The summed E-state index contributed by atoms with van der Waals surface area (Å²) in [5.74, 6) is 0.272. The molecule has 0 bridgehead atoms. The first kappa shape index (κ1) is 12.6. The second-order valence-electron chi connectivity index (χ2n) is 4.41. The van der Waals surface area contributed by atoms with Gasteiger partial charge in [0.15, 0.2) is 0 Å². The van der Waals surface area contributed by atoms with Crippen molar-refractivity contribution < 1.29 is 14.6 Å². The highest BCUT2D eigenvalue weighted by Crippen LogP contribution is 2.36. The standard InChI is InChI=1S/C15H16O3/c1-10(2)14-12(8-9-16)13(15(17)18-14)11-6-4-3-5-7-11/h3-7,16H,8-9H2,1-2H3. The molecule has 0 unspecified atom stereocenters. The van der Waals surface area contributed by atoms with Gasteiger partial charge in [-0.25, -0.2) is 4.79 Å². The zero-order valence-electron chi connectivity index (χ0n) is 10.6. The number of aliphatic hydroxyl groups is 1. The van der Waals surface area contributed by atoms with Gasteiger partial charge in [-0.05, 0) is 25.0 Å². The minimum absolute atomic E-state index is 0.000906. The fraction of sp³-hybridized carbons (Fsp3) is 0.267. The molecule has 1 N–H and O–H groups in total. The van der Waals surface area contributed by atoms with Crippen LogP contribution in [0.25, 0.3) is 5.57 Å². The number of allylic oxidation sites excluding steroid dienone is 2. The lowest BCUT2D eigenvalue weighted by atomic mass is 9.97. The summed E-state index contributed by atoms with van der Waals surface area (Å²) >= 11 is 0. The number of hydrogen-bond acceptors (Lipinski definition) is 3. The smallest absolute Gasteiger partial charge is 0.344 e. The van der Waals surface area contributed by atoms with Gasteiger partial charge in [-0.15, -0.1) is 0 Å². The third-order valence-corrected chi connectivity index (χ3v) is 2.85. The molecule has 1 aromatic carbocycles. The van der Waals surface area contributed by atoms with Crippen LogP contribution < -0.4 is 0 Å². The molecule has 0 spiro atoms. The van der Waals surface area contributed by atoms with E-state index in [1.165, 1.54) is 0 Å². The lowest BCUT2D eigenvalue weighted by molar-refractivity contribution is -0.131. The average Bonchev–Trinajstić information content (AvgIpc) is 2.68. The van der Waals surface area contributed by atoms with Crippen molar-refractivity contribution in [2.45, 2.75) is 20.3 Å². The fourth-order valence-corrected chi connectivity index (χ4v) is 2.09. The van der Waals surface area contributed by atoms with E-state index in [0.717, 1.165) is 16.7 Å². The van der Waals surface area contributed by atoms with Crippen molar-refractivity contribution in [1.29, 1.82) is 0 Å². The van der Waals surface area contributed by atoms with E-state index >= 15 is 0 Å². The Hall–Kier alpha value is -1.87. The van der Waals surface area contributed by atoms with Gasteiger partial charge in [0, 0.05) is 18.6 Å². The van der Waals surface area contributed by atoms with Gasteiger partial charge < -0.3 is 9.84 Å². The molecule has 1 aliphatic rings. The largest absolute Gasteiger partial charge is 0.423 e. The van der Waals surface area contributed by atoms with Crippen LogP contribution in [0.2, 0.25) is 0 Å². The molecule has 3 nitrogen and oxygen atoms in total. The third-order valence-electron chi connectivity index (χ3n) is 2.85. The molecule has 0 atom stereocenters. The molecule has 18 heavy (non-hydrogen) atoms. The van der Waals surface area contributed by atoms with Crippen molar-refractivity contribution in [3.05, 3.63) is 52.8 Å². The van der Waals surface area contributed by atoms with Crippen LogP contribution >= 0.6 is 0 Å². The number of benzene rings is 1. The lowest BCUT2D eigenvalue weighted by Crippen LogP contribution is -1.98. The van der Waals surface area contributed by atoms with Crippen molar-refractivity contribution >= 4 is 11.5 Å². The fourth-order valence-electron chi connectivity index (χ4n) is 2.09. The van der Waals surface area contributed by atoms with Gasteiger partial charge in [0.05, 0.1) is 5.57 Å². The van der Waals surface area contributed by atoms with E-state index in [-0.39, 0.29) is 12.6 Å². The Kier molecular flexibility index (Phi) is 3.63. The molecular formula is C15H16O3. The molecule has 0 saturated heterocycles. The zero-order valence-corrected chi connectivity index (χ0v) is 10.6. The van der Waals surface area contributed by atoms with Crippen molar-refractivity contribution in [3.63, 3.8) is 0 Å². The molecule has 1 aliphatic heterocycles. The van der Waals surface area contributed by atoms with Gasteiger partial charge in [0.1, 0.15) is 5.76 Å². The predicted molar refractivity (Wildman–Crippen MR) is 69.5 cm³/mol. The Balaban J connectivity index is 2.58. The molecule has 0 fully saturated rings. The van der Waals surface area contributed by atoms with Gasteiger partial charge >= 0.3 is 5.97 Å². The molecule has 1 aromatic rings. The topological polar surface area (TPSA) is 46.5 Å². The summed E-state index contributed by atoms with van der Waals surface area (Å²) in [4.78, 5) is 12.0. The number of cyclic esters (lactones) is 1. The average molecular weight is 244 g/mol. The number of ether oxygens (including phenoxy) is 1. The highest BCUT2D eigenvalue weighted by molar-refractivity contribution is 6.21. The Morgan fingerprint density at radius 2 is 1.89 bits per heavy atom. The normalized spacial score (nSPS) is 15.1. The van der Waals surface area contributed by atoms with Gasteiger partial charge in [-0.3, -0.25) is 0 Å². The van der Waals surface area contributed by atoms with Crippen LogP contribution in [0, 0.1) is 0 Å². The van der Waals surface area contributed by atoms with Gasteiger partial charge in [0.2, 0.25) is 0 Å². The minimum Gasteiger partial charge on any atom is -0.423 e. The molecule has 0 amide bonds. The third kappa shape index (κ3) is 2.22. The van der Waals surface area contributed by atoms with E-state index in [9.17, 15) is 4.79 Å². The molecule has 0 aliphatic carbocycles. The van der Waals surface area contributed by atoms with E-state index in [1.807, 2.05) is 44.2 Å². The second-order valence-corrected chi connectivity index (χ2v) is 4.41. The number of aliphatic hydroxyl groups excluding tert-OH is 1. The Morgan fingerprint density at radius 1 is 1.22 bits per heavy atom. The Morgan fingerprint density at radius 3 is 2.44 bits per heavy atom. The Bertz CT molecular complexity index is 520. The SMILES string of the molecule is CC(C)=C1OC(=O)C(c2ccccc2)=C1CCO. The first-order chi connectivity index (χ1) is 8.65. The number of hydrogen-bond donors (Lipinski definition) is 1. The zero-order chi connectivity index (χ0) is 13.1. The lowest BCUT2D eigenvalue weighted by Gasteiger charge is -2.05. The molecule has 2 rings (SSSR count). The summed E-state index contributed by atoms with van der Waals surface area (Å²) in [6, 6.07) is 9.42. The molecule has 0 radical (unpaired) electrons. The van der Waals surface area contributed by atoms with Gasteiger partial charge in [0.25, 0.3) is 0 Å². The first-order valence-electron chi connectivity index (χ1n) is 5.94. The maximum absolute atomic E-state index is 12.0. The molecule has 1 heterocycles. The number of rotatable bonds is 3. The van der Waals surface area contributed by atoms with Crippen molar-refractivity contribution in [3.8, 4) is 0 Å². The van der Waals surface area contributed by atoms with Crippen molar-refractivity contribution in [2.75, 3.05) is 6.61 Å². The highest BCUT2D eigenvalue weighted by Gasteiger charge is 2.30. The minimum atomic E-state index is -0.333. The molecular weight excluding hydrogens is 228 g/mol. The van der Waals surface area contributed by atoms with Gasteiger partial charge in [-0.1, -0.05) is 30.3 Å². The van der Waals surface area contributed by atoms with Crippen LogP contribution in [0.3, 0.4) is 0 Å². The van der Waals surface area contributed by atoms with E-state index in [2.05, 4.69) is 0 Å². The van der Waals surface area contributed by atoms with E-state index in [4.69, 9.17) is 9.84 Å². The van der Waals surface area contributed by atoms with Crippen LogP contribution in [0.15, 0.2) is 47.2 Å². The molecule has 0 saturated carbocycles. The van der Waals surface area contributed by atoms with Crippen molar-refractivity contribution in [2.24, 2.45) is 0 Å². The van der Waals surface area contributed by atoms with E-state index in [1.54, 1.807) is 0 Å². The van der Waals surface area contributed by atoms with E-state index < -0.39 is 0 Å². The predicted octanol–water partition coefficient (Wildman–Crippen LogP) is 2.67. The summed E-state index contributed by atoms with van der Waals surface area (Å²) in [5, 5.41) is 9.15. The summed E-state index contributed by atoms with van der Waals surface area (Å²) in [7, 11) is 0. The maximum atomic E-state index is 12.0. The monoisotopic (exact) mass is 244 g/mol. The molecule has 3 heteroatoms. The van der Waals surface area contributed by atoms with Crippen LogP contribution in [-0.4, -0.2) is 17.7 Å². The number of carbonyl (C=O) groups is 1. The van der Waals surface area contributed by atoms with E-state index in [0.29, 0.717) is 17.8 Å². The van der Waals surface area contributed by atoms with Gasteiger partial charge in [-0.2, -0.15) is 0 Å². The number of esters is 1. The summed E-state index contributed by atoms with van der Waals surface area (Å²) in [6.45, 7) is 3.79. The first-order valence-corrected chi connectivity index (χ1v) is 5.94. The van der Waals surface area contributed by atoms with Crippen LogP contribution in [0.5, 0.6) is 0 Å². The second kappa shape index (κ2) is 5.19.